The minimum atomic E-state index is -0.828. The molecule has 2 unspecified atom stereocenters. The Morgan fingerprint density at radius 3 is 1.68 bits per heavy atom. The van der Waals surface area contributed by atoms with Gasteiger partial charge in [-0.15, -0.1) is 0 Å². The fourth-order valence-corrected chi connectivity index (χ4v) is 3.02. The number of carboxylic acids is 1. The number of unbranched alkanes of at least 4 members (excludes halogenated alkanes) is 11. The summed E-state index contributed by atoms with van der Waals surface area (Å²) in [6.45, 7) is 7.27. The molecule has 0 saturated heterocycles. The van der Waals surface area contributed by atoms with Crippen molar-refractivity contribution in [1.82, 2.24) is 16.0 Å². The van der Waals surface area contributed by atoms with Crippen LogP contribution in [0.25, 0.3) is 0 Å². The van der Waals surface area contributed by atoms with Crippen molar-refractivity contribution in [1.29, 1.82) is 0 Å². The van der Waals surface area contributed by atoms with Gasteiger partial charge in [-0.2, -0.15) is 0 Å². The zero-order valence-electron chi connectivity index (χ0n) is 16.9. The van der Waals surface area contributed by atoms with E-state index in [-0.39, 0.29) is 18.9 Å². The van der Waals surface area contributed by atoms with Gasteiger partial charge in [0.25, 0.3) is 0 Å². The molecular weight excluding hydrogens is 314 g/mol. The van der Waals surface area contributed by atoms with Crippen molar-refractivity contribution in [3.05, 3.63) is 0 Å². The minimum Gasteiger partial charge on any atom is -0.480 e. The first kappa shape index (κ1) is 24.4. The van der Waals surface area contributed by atoms with Crippen LogP contribution in [0.15, 0.2) is 0 Å². The lowest BCUT2D eigenvalue weighted by Crippen LogP contribution is -2.51. The van der Waals surface area contributed by atoms with E-state index in [0.717, 1.165) is 6.54 Å². The molecule has 4 N–H and O–H groups in total. The van der Waals surface area contributed by atoms with Gasteiger partial charge < -0.3 is 10.4 Å². The van der Waals surface area contributed by atoms with Crippen LogP contribution in [0.1, 0.15) is 97.8 Å². The van der Waals surface area contributed by atoms with E-state index >= 15 is 0 Å². The van der Waals surface area contributed by atoms with Crippen LogP contribution in [0.2, 0.25) is 0 Å². The molecule has 0 aliphatic rings. The van der Waals surface area contributed by atoms with Crippen LogP contribution in [-0.4, -0.2) is 36.5 Å². The second-order valence-corrected chi connectivity index (χ2v) is 7.23. The smallest absolute Gasteiger partial charge is 0.317 e. The minimum absolute atomic E-state index is 0.0134. The monoisotopic (exact) mass is 357 g/mol. The van der Waals surface area contributed by atoms with Gasteiger partial charge in [0, 0.05) is 0 Å². The van der Waals surface area contributed by atoms with Gasteiger partial charge in [-0.05, 0) is 26.8 Å². The summed E-state index contributed by atoms with van der Waals surface area (Å²) >= 11 is 0. The number of hydrogen-bond donors (Lipinski definition) is 4. The maximum atomic E-state index is 10.5. The second kappa shape index (κ2) is 18.2. The molecule has 150 valence electrons. The Labute approximate surface area is 155 Å². The molecule has 0 aromatic rings. The SMILES string of the molecule is CCCCCCCCCCCCCCNC(C)NC(C)NCC(=O)O. The van der Waals surface area contributed by atoms with Crippen molar-refractivity contribution in [3.8, 4) is 0 Å². The Bertz CT molecular complexity index is 301. The summed E-state index contributed by atoms with van der Waals surface area (Å²) in [7, 11) is 0. The molecule has 0 aliphatic heterocycles. The van der Waals surface area contributed by atoms with Gasteiger partial charge in [-0.3, -0.25) is 15.4 Å². The van der Waals surface area contributed by atoms with Crippen molar-refractivity contribution in [2.45, 2.75) is 110 Å². The Kier molecular flexibility index (Phi) is 17.7. The van der Waals surface area contributed by atoms with E-state index in [0.29, 0.717) is 0 Å². The van der Waals surface area contributed by atoms with Crippen molar-refractivity contribution < 1.29 is 9.90 Å². The fraction of sp³-hybridized carbons (Fsp3) is 0.950. The highest BCUT2D eigenvalue weighted by Gasteiger charge is 2.07. The molecule has 0 rings (SSSR count). The molecule has 0 amide bonds. The summed E-state index contributed by atoms with van der Waals surface area (Å²) in [6, 6.07) is 0. The second-order valence-electron chi connectivity index (χ2n) is 7.23. The number of nitrogens with one attached hydrogen (secondary N) is 3. The van der Waals surface area contributed by atoms with Gasteiger partial charge in [0.1, 0.15) is 0 Å². The van der Waals surface area contributed by atoms with E-state index in [4.69, 9.17) is 5.11 Å². The van der Waals surface area contributed by atoms with E-state index < -0.39 is 5.97 Å². The van der Waals surface area contributed by atoms with Gasteiger partial charge in [0.2, 0.25) is 0 Å². The zero-order chi connectivity index (χ0) is 18.8. The van der Waals surface area contributed by atoms with Gasteiger partial charge in [-0.1, -0.05) is 77.6 Å². The van der Waals surface area contributed by atoms with Crippen LogP contribution >= 0.6 is 0 Å². The average Bonchev–Trinajstić information content (AvgIpc) is 2.57. The molecule has 0 saturated carbocycles. The molecule has 0 spiro atoms. The first-order valence-electron chi connectivity index (χ1n) is 10.5. The van der Waals surface area contributed by atoms with Gasteiger partial charge in [-0.25, -0.2) is 0 Å². The molecule has 0 aliphatic carbocycles. The lowest BCUT2D eigenvalue weighted by Gasteiger charge is -2.21. The topological polar surface area (TPSA) is 73.4 Å². The van der Waals surface area contributed by atoms with E-state index in [2.05, 4.69) is 29.8 Å². The maximum Gasteiger partial charge on any atom is 0.317 e. The standard InChI is InChI=1S/C20H43N3O2/c1-4-5-6-7-8-9-10-11-12-13-14-15-16-21-18(2)23-19(3)22-17-20(24)25/h18-19,21-23H,4-17H2,1-3H3,(H,24,25). The Morgan fingerprint density at radius 1 is 0.760 bits per heavy atom. The Balaban J connectivity index is 3.25. The van der Waals surface area contributed by atoms with Crippen LogP contribution < -0.4 is 16.0 Å². The Hall–Kier alpha value is -0.650. The van der Waals surface area contributed by atoms with Crippen LogP contribution in [0.4, 0.5) is 0 Å². The quantitative estimate of drug-likeness (QED) is 0.206. The third-order valence-electron chi connectivity index (χ3n) is 4.54. The first-order valence-corrected chi connectivity index (χ1v) is 10.5. The van der Waals surface area contributed by atoms with E-state index in [1.54, 1.807) is 0 Å². The average molecular weight is 358 g/mol. The largest absolute Gasteiger partial charge is 0.480 e. The normalized spacial score (nSPS) is 13.7. The third-order valence-corrected chi connectivity index (χ3v) is 4.54. The highest BCUT2D eigenvalue weighted by Crippen LogP contribution is 2.11. The highest BCUT2D eigenvalue weighted by atomic mass is 16.4. The lowest BCUT2D eigenvalue weighted by molar-refractivity contribution is -0.136. The molecule has 2 atom stereocenters. The van der Waals surface area contributed by atoms with E-state index in [9.17, 15) is 4.79 Å². The summed E-state index contributed by atoms with van der Waals surface area (Å²) in [4.78, 5) is 10.5. The predicted molar refractivity (Wildman–Crippen MR) is 107 cm³/mol. The van der Waals surface area contributed by atoms with Gasteiger partial charge in [0.15, 0.2) is 0 Å². The molecule has 0 aromatic carbocycles. The molecule has 0 aromatic heterocycles. The van der Waals surface area contributed by atoms with Crippen molar-refractivity contribution in [2.75, 3.05) is 13.1 Å². The summed E-state index contributed by atoms with van der Waals surface area (Å²) in [5, 5.41) is 18.3. The van der Waals surface area contributed by atoms with Crippen LogP contribution in [0, 0.1) is 0 Å². The lowest BCUT2D eigenvalue weighted by atomic mass is 10.1. The third kappa shape index (κ3) is 19.5. The van der Waals surface area contributed by atoms with Gasteiger partial charge in [0.05, 0.1) is 18.9 Å². The Morgan fingerprint density at radius 2 is 1.20 bits per heavy atom. The summed E-state index contributed by atoms with van der Waals surface area (Å²) in [5.41, 5.74) is 0. The maximum absolute atomic E-state index is 10.5. The molecule has 0 bridgehead atoms. The van der Waals surface area contributed by atoms with E-state index in [1.165, 1.54) is 77.0 Å². The predicted octanol–water partition coefficient (Wildman–Crippen LogP) is 4.23. The molecule has 0 radical (unpaired) electrons. The summed E-state index contributed by atoms with van der Waals surface area (Å²) in [6.07, 6.45) is 16.6. The van der Waals surface area contributed by atoms with Crippen LogP contribution in [0.5, 0.6) is 0 Å². The zero-order valence-corrected chi connectivity index (χ0v) is 16.9. The molecule has 0 fully saturated rings. The summed E-state index contributed by atoms with van der Waals surface area (Å²) in [5.74, 6) is -0.828. The molecule has 5 heteroatoms. The number of carboxylic acid groups (broad SMARTS) is 1. The highest BCUT2D eigenvalue weighted by molar-refractivity contribution is 5.69. The van der Waals surface area contributed by atoms with Crippen molar-refractivity contribution >= 4 is 5.97 Å². The first-order chi connectivity index (χ1) is 12.1. The fourth-order valence-electron chi connectivity index (χ4n) is 3.02. The molecule has 0 heterocycles. The van der Waals surface area contributed by atoms with E-state index in [1.807, 2.05) is 6.92 Å². The van der Waals surface area contributed by atoms with Crippen molar-refractivity contribution in [2.24, 2.45) is 0 Å². The molecule has 25 heavy (non-hydrogen) atoms. The van der Waals surface area contributed by atoms with Crippen LogP contribution in [-0.2, 0) is 4.79 Å². The molecule has 5 nitrogen and oxygen atoms in total. The number of hydrogen-bond acceptors (Lipinski definition) is 4. The number of carbonyl (C=O) groups is 1. The van der Waals surface area contributed by atoms with Crippen molar-refractivity contribution in [3.63, 3.8) is 0 Å². The molecular formula is C20H43N3O2. The van der Waals surface area contributed by atoms with Gasteiger partial charge >= 0.3 is 5.97 Å². The number of aliphatic carboxylic acids is 1. The number of rotatable bonds is 19. The van der Waals surface area contributed by atoms with Crippen LogP contribution in [0.3, 0.4) is 0 Å². The summed E-state index contributed by atoms with van der Waals surface area (Å²) < 4.78 is 0.